The van der Waals surface area contributed by atoms with Crippen molar-refractivity contribution in [1.29, 1.82) is 0 Å². The lowest BCUT2D eigenvalue weighted by Gasteiger charge is -2.03. The highest BCUT2D eigenvalue weighted by molar-refractivity contribution is 7.98. The van der Waals surface area contributed by atoms with Crippen LogP contribution in [0.3, 0.4) is 0 Å². The van der Waals surface area contributed by atoms with E-state index in [2.05, 4.69) is 10.2 Å². The maximum absolute atomic E-state index is 5.83. The van der Waals surface area contributed by atoms with Crippen LogP contribution in [-0.4, -0.2) is 10.2 Å². The second kappa shape index (κ2) is 4.76. The Morgan fingerprint density at radius 2 is 2.25 bits per heavy atom. The molecule has 0 atom stereocenters. The van der Waals surface area contributed by atoms with Gasteiger partial charge in [0.15, 0.2) is 0 Å². The van der Waals surface area contributed by atoms with Gasteiger partial charge in [-0.05, 0) is 17.7 Å². The van der Waals surface area contributed by atoms with E-state index in [-0.39, 0.29) is 0 Å². The van der Waals surface area contributed by atoms with Gasteiger partial charge in [0.05, 0.1) is 0 Å². The highest BCUT2D eigenvalue weighted by Gasteiger charge is 2.05. The van der Waals surface area contributed by atoms with Crippen LogP contribution in [-0.2, 0) is 5.75 Å². The van der Waals surface area contributed by atoms with E-state index in [1.54, 1.807) is 13.0 Å². The predicted molar refractivity (Wildman–Crippen MR) is 64.5 cm³/mol. The summed E-state index contributed by atoms with van der Waals surface area (Å²) in [5, 5.41) is 8.82. The van der Waals surface area contributed by atoms with Gasteiger partial charge in [-0.2, -0.15) is 0 Å². The van der Waals surface area contributed by atoms with E-state index in [1.165, 1.54) is 11.8 Å². The Kier molecular flexibility index (Phi) is 3.36. The van der Waals surface area contributed by atoms with E-state index in [1.807, 2.05) is 12.1 Å². The first-order valence-electron chi connectivity index (χ1n) is 4.62. The molecule has 0 amide bonds. The molecule has 0 aliphatic rings. The number of thioether (sulfide) groups is 1. The van der Waals surface area contributed by atoms with Gasteiger partial charge in [0.2, 0.25) is 5.89 Å². The number of anilines is 1. The van der Waals surface area contributed by atoms with Crippen LogP contribution in [0.5, 0.6) is 0 Å². The molecule has 0 radical (unpaired) electrons. The summed E-state index contributed by atoms with van der Waals surface area (Å²) in [7, 11) is 0. The summed E-state index contributed by atoms with van der Waals surface area (Å²) in [6.45, 7) is 1.76. The molecule has 84 valence electrons. The average molecular weight is 256 g/mol. The number of nitrogens with zero attached hydrogens (tertiary/aromatic N) is 2. The molecule has 0 saturated heterocycles. The summed E-state index contributed by atoms with van der Waals surface area (Å²) >= 11 is 7.26. The van der Waals surface area contributed by atoms with E-state index >= 15 is 0 Å². The second-order valence-corrected chi connectivity index (χ2v) is 4.58. The molecule has 0 saturated carbocycles. The summed E-state index contributed by atoms with van der Waals surface area (Å²) < 4.78 is 5.24. The fraction of sp³-hybridized carbons (Fsp3) is 0.200. The van der Waals surface area contributed by atoms with E-state index in [4.69, 9.17) is 21.8 Å². The highest BCUT2D eigenvalue weighted by atomic mass is 35.5. The number of aryl methyl sites for hydroxylation is 1. The molecule has 2 N–H and O–H groups in total. The lowest BCUT2D eigenvalue weighted by Crippen LogP contribution is -1.92. The Balaban J connectivity index is 2.04. The number of aromatic nitrogens is 2. The smallest absolute Gasteiger partial charge is 0.276 e. The van der Waals surface area contributed by atoms with Crippen LogP contribution in [0, 0.1) is 6.92 Å². The molecule has 6 heteroatoms. The Morgan fingerprint density at radius 3 is 2.88 bits per heavy atom. The fourth-order valence-electron chi connectivity index (χ4n) is 1.17. The summed E-state index contributed by atoms with van der Waals surface area (Å²) in [5.74, 6) is 1.25. The number of nitrogen functional groups attached to an aromatic ring is 1. The molecule has 0 unspecified atom stereocenters. The van der Waals surface area contributed by atoms with Crippen molar-refractivity contribution in [3.63, 3.8) is 0 Å². The minimum absolute atomic E-state index is 0.548. The maximum atomic E-state index is 5.83. The second-order valence-electron chi connectivity index (χ2n) is 3.22. The molecule has 4 nitrogen and oxygen atoms in total. The Labute approximate surface area is 102 Å². The lowest BCUT2D eigenvalue weighted by atomic mass is 10.2. The zero-order valence-corrected chi connectivity index (χ0v) is 10.2. The van der Waals surface area contributed by atoms with Crippen molar-refractivity contribution in [2.75, 3.05) is 5.73 Å². The molecule has 1 aromatic carbocycles. The van der Waals surface area contributed by atoms with E-state index in [9.17, 15) is 0 Å². The van der Waals surface area contributed by atoms with Crippen LogP contribution in [0.25, 0.3) is 0 Å². The molecule has 2 rings (SSSR count). The Bertz CT molecular complexity index is 501. The summed E-state index contributed by atoms with van der Waals surface area (Å²) in [4.78, 5) is 0. The first-order chi connectivity index (χ1) is 7.65. The number of hydrogen-bond donors (Lipinski definition) is 1. The molecule has 0 aliphatic carbocycles. The van der Waals surface area contributed by atoms with Crippen molar-refractivity contribution < 1.29 is 4.42 Å². The first kappa shape index (κ1) is 11.3. The SMILES string of the molecule is Cc1nnc(SCc2ccc(Cl)cc2N)o1. The number of halogens is 1. The fourth-order valence-corrected chi connectivity index (χ4v) is 2.17. The third-order valence-corrected chi connectivity index (χ3v) is 3.07. The molecule has 16 heavy (non-hydrogen) atoms. The topological polar surface area (TPSA) is 64.9 Å². The number of benzene rings is 1. The molecule has 1 aromatic heterocycles. The highest BCUT2D eigenvalue weighted by Crippen LogP contribution is 2.26. The van der Waals surface area contributed by atoms with Crippen molar-refractivity contribution in [2.24, 2.45) is 0 Å². The van der Waals surface area contributed by atoms with Crippen molar-refractivity contribution >= 4 is 29.1 Å². The molecule has 0 spiro atoms. The van der Waals surface area contributed by atoms with Crippen molar-refractivity contribution in [3.8, 4) is 0 Å². The van der Waals surface area contributed by atoms with Gasteiger partial charge in [0.25, 0.3) is 5.22 Å². The minimum atomic E-state index is 0.548. The monoisotopic (exact) mass is 255 g/mol. The van der Waals surface area contributed by atoms with Crippen LogP contribution in [0.4, 0.5) is 5.69 Å². The molecule has 1 heterocycles. The average Bonchev–Trinajstić information content (AvgIpc) is 2.63. The minimum Gasteiger partial charge on any atom is -0.416 e. The molecule has 0 aliphatic heterocycles. The van der Waals surface area contributed by atoms with Gasteiger partial charge in [-0.1, -0.05) is 29.4 Å². The van der Waals surface area contributed by atoms with Crippen molar-refractivity contribution in [1.82, 2.24) is 10.2 Å². The van der Waals surface area contributed by atoms with Gasteiger partial charge in [-0.25, -0.2) is 0 Å². The Hall–Kier alpha value is -1.20. The zero-order valence-electron chi connectivity index (χ0n) is 8.61. The van der Waals surface area contributed by atoms with Gasteiger partial charge >= 0.3 is 0 Å². The molecule has 2 aromatic rings. The molecule has 0 bridgehead atoms. The van der Waals surface area contributed by atoms with Crippen LogP contribution in [0.2, 0.25) is 5.02 Å². The number of rotatable bonds is 3. The van der Waals surface area contributed by atoms with Crippen LogP contribution >= 0.6 is 23.4 Å². The molecule has 0 fully saturated rings. The maximum Gasteiger partial charge on any atom is 0.276 e. The van der Waals surface area contributed by atoms with Gasteiger partial charge in [-0.15, -0.1) is 10.2 Å². The van der Waals surface area contributed by atoms with Crippen molar-refractivity contribution in [2.45, 2.75) is 17.9 Å². The number of hydrogen-bond acceptors (Lipinski definition) is 5. The summed E-state index contributed by atoms with van der Waals surface area (Å²) in [5.41, 5.74) is 7.51. The van der Waals surface area contributed by atoms with Crippen molar-refractivity contribution in [3.05, 3.63) is 34.7 Å². The van der Waals surface area contributed by atoms with Gasteiger partial charge in [0.1, 0.15) is 0 Å². The first-order valence-corrected chi connectivity index (χ1v) is 5.98. The summed E-state index contributed by atoms with van der Waals surface area (Å²) in [6, 6.07) is 5.44. The predicted octanol–water partition coefficient (Wildman–Crippen LogP) is 2.91. The summed E-state index contributed by atoms with van der Waals surface area (Å²) in [6.07, 6.45) is 0. The van der Waals surface area contributed by atoms with Gasteiger partial charge < -0.3 is 10.2 Å². The molecular formula is C10H10ClN3OS. The third-order valence-electron chi connectivity index (χ3n) is 1.97. The van der Waals surface area contributed by atoms with Crippen LogP contribution < -0.4 is 5.73 Å². The zero-order chi connectivity index (χ0) is 11.5. The largest absolute Gasteiger partial charge is 0.416 e. The van der Waals surface area contributed by atoms with Crippen LogP contribution in [0.1, 0.15) is 11.5 Å². The lowest BCUT2D eigenvalue weighted by molar-refractivity contribution is 0.429. The third kappa shape index (κ3) is 2.68. The van der Waals surface area contributed by atoms with E-state index in [0.717, 1.165) is 5.56 Å². The number of nitrogens with two attached hydrogens (primary N) is 1. The van der Waals surface area contributed by atoms with Gasteiger partial charge in [-0.3, -0.25) is 0 Å². The molecular weight excluding hydrogens is 246 g/mol. The quantitative estimate of drug-likeness (QED) is 0.675. The normalized spacial score (nSPS) is 10.6. The Morgan fingerprint density at radius 1 is 1.44 bits per heavy atom. The van der Waals surface area contributed by atoms with E-state index in [0.29, 0.717) is 27.6 Å². The van der Waals surface area contributed by atoms with Gasteiger partial charge in [0, 0.05) is 23.4 Å². The standard InChI is InChI=1S/C10H10ClN3OS/c1-6-13-14-10(15-6)16-5-7-2-3-8(11)4-9(7)12/h2-4H,5,12H2,1H3. The van der Waals surface area contributed by atoms with E-state index < -0.39 is 0 Å². The van der Waals surface area contributed by atoms with Crippen LogP contribution in [0.15, 0.2) is 27.8 Å².